The topological polar surface area (TPSA) is 113 Å². The molecular formula is C19H16FNO7. The van der Waals surface area contributed by atoms with Gasteiger partial charge in [-0.1, -0.05) is 0 Å². The molecule has 0 amide bonds. The number of halogens is 1. The number of ketones is 1. The number of esters is 2. The van der Waals surface area contributed by atoms with Crippen LogP contribution in [-0.4, -0.2) is 35.4 Å². The van der Waals surface area contributed by atoms with Gasteiger partial charge in [-0.25, -0.2) is 14.0 Å². The Labute approximate surface area is 159 Å². The molecule has 0 saturated carbocycles. The first-order valence-electron chi connectivity index (χ1n) is 8.20. The summed E-state index contributed by atoms with van der Waals surface area (Å²) in [4.78, 5) is 46.8. The zero-order chi connectivity index (χ0) is 20.8. The Balaban J connectivity index is 2.24. The lowest BCUT2D eigenvalue weighted by molar-refractivity contribution is -0.384. The maximum atomic E-state index is 13.0. The fourth-order valence-electron chi connectivity index (χ4n) is 2.30. The predicted molar refractivity (Wildman–Crippen MR) is 94.7 cm³/mol. The van der Waals surface area contributed by atoms with Crippen LogP contribution >= 0.6 is 0 Å². The van der Waals surface area contributed by atoms with Crippen LogP contribution in [-0.2, 0) is 9.47 Å². The summed E-state index contributed by atoms with van der Waals surface area (Å²) in [7, 11) is 0. The number of nitrogens with zero attached hydrogens (tertiary/aromatic N) is 1. The van der Waals surface area contributed by atoms with Gasteiger partial charge in [-0.3, -0.25) is 14.9 Å². The molecule has 0 radical (unpaired) electrons. The third-order valence-corrected chi connectivity index (χ3v) is 3.66. The molecule has 0 N–H and O–H groups in total. The van der Waals surface area contributed by atoms with Gasteiger partial charge in [-0.15, -0.1) is 0 Å². The third kappa shape index (κ3) is 4.97. The van der Waals surface area contributed by atoms with Gasteiger partial charge in [0.2, 0.25) is 5.78 Å². The summed E-state index contributed by atoms with van der Waals surface area (Å²) in [6.45, 7) is 2.92. The number of rotatable bonds is 7. The number of benzene rings is 2. The summed E-state index contributed by atoms with van der Waals surface area (Å²) in [6.07, 6.45) is -1.23. The smallest absolute Gasteiger partial charge is 0.339 e. The first-order chi connectivity index (χ1) is 13.2. The fourth-order valence-corrected chi connectivity index (χ4v) is 2.30. The van der Waals surface area contributed by atoms with Crippen molar-refractivity contribution in [2.75, 3.05) is 6.61 Å². The number of hydrogen-bond acceptors (Lipinski definition) is 7. The fraction of sp³-hybridized carbons (Fsp3) is 0.211. The Hall–Kier alpha value is -3.62. The summed E-state index contributed by atoms with van der Waals surface area (Å²) >= 11 is 0. The van der Waals surface area contributed by atoms with E-state index in [2.05, 4.69) is 0 Å². The van der Waals surface area contributed by atoms with E-state index in [9.17, 15) is 28.9 Å². The Bertz CT molecular complexity index is 924. The standard InChI is InChI=1S/C19H16FNO7/c1-3-27-18(23)13-8-14(10-16(9-13)21(25)26)19(24)28-11(2)17(22)12-4-6-15(20)7-5-12/h4-11H,3H2,1-2H3. The van der Waals surface area contributed by atoms with Crippen molar-refractivity contribution in [1.82, 2.24) is 0 Å². The van der Waals surface area contributed by atoms with Crippen LogP contribution in [0.4, 0.5) is 10.1 Å². The minimum atomic E-state index is -1.23. The molecule has 2 aromatic carbocycles. The first-order valence-corrected chi connectivity index (χ1v) is 8.20. The second-order valence-corrected chi connectivity index (χ2v) is 5.66. The van der Waals surface area contributed by atoms with Crippen LogP contribution in [0.1, 0.15) is 44.9 Å². The molecule has 2 rings (SSSR count). The van der Waals surface area contributed by atoms with Crippen LogP contribution in [0.15, 0.2) is 42.5 Å². The van der Waals surface area contributed by atoms with Gasteiger partial charge in [0.05, 0.1) is 22.7 Å². The molecule has 0 spiro atoms. The Morgan fingerprint density at radius 1 is 1.04 bits per heavy atom. The molecule has 0 bridgehead atoms. The Kier molecular flexibility index (Phi) is 6.54. The lowest BCUT2D eigenvalue weighted by Gasteiger charge is -2.13. The van der Waals surface area contributed by atoms with E-state index in [1.807, 2.05) is 0 Å². The van der Waals surface area contributed by atoms with E-state index < -0.39 is 40.3 Å². The maximum absolute atomic E-state index is 13.0. The number of nitro benzene ring substituents is 1. The van der Waals surface area contributed by atoms with E-state index in [-0.39, 0.29) is 23.3 Å². The molecule has 0 aliphatic carbocycles. The molecule has 0 heterocycles. The van der Waals surface area contributed by atoms with E-state index in [1.54, 1.807) is 6.92 Å². The lowest BCUT2D eigenvalue weighted by Crippen LogP contribution is -2.24. The van der Waals surface area contributed by atoms with Crippen molar-refractivity contribution in [3.8, 4) is 0 Å². The van der Waals surface area contributed by atoms with Gasteiger partial charge in [-0.2, -0.15) is 0 Å². The highest BCUT2D eigenvalue weighted by molar-refractivity contribution is 6.02. The van der Waals surface area contributed by atoms with Crippen molar-refractivity contribution in [3.05, 3.63) is 75.1 Å². The average molecular weight is 389 g/mol. The Morgan fingerprint density at radius 3 is 2.14 bits per heavy atom. The summed E-state index contributed by atoms with van der Waals surface area (Å²) in [5, 5.41) is 11.1. The van der Waals surface area contributed by atoms with Gasteiger partial charge in [0.25, 0.3) is 5.69 Å². The molecule has 1 unspecified atom stereocenters. The van der Waals surface area contributed by atoms with Crippen molar-refractivity contribution in [3.63, 3.8) is 0 Å². The summed E-state index contributed by atoms with van der Waals surface area (Å²) in [5.74, 6) is -2.97. The maximum Gasteiger partial charge on any atom is 0.339 e. The van der Waals surface area contributed by atoms with Crippen LogP contribution in [0.25, 0.3) is 0 Å². The van der Waals surface area contributed by atoms with Crippen molar-refractivity contribution in [1.29, 1.82) is 0 Å². The van der Waals surface area contributed by atoms with E-state index in [0.29, 0.717) is 0 Å². The molecule has 0 aliphatic rings. The zero-order valence-corrected chi connectivity index (χ0v) is 15.0. The summed E-state index contributed by atoms with van der Waals surface area (Å²) in [5.41, 5.74) is -0.848. The highest BCUT2D eigenvalue weighted by Crippen LogP contribution is 2.20. The van der Waals surface area contributed by atoms with E-state index in [0.717, 1.165) is 30.3 Å². The molecule has 0 aromatic heterocycles. The molecule has 8 nitrogen and oxygen atoms in total. The number of Topliss-reactive ketones (excluding diaryl/α,β-unsaturated/α-hetero) is 1. The third-order valence-electron chi connectivity index (χ3n) is 3.66. The monoisotopic (exact) mass is 389 g/mol. The van der Waals surface area contributed by atoms with Gasteiger partial charge >= 0.3 is 11.9 Å². The van der Waals surface area contributed by atoms with Crippen LogP contribution < -0.4 is 0 Å². The lowest BCUT2D eigenvalue weighted by atomic mass is 10.1. The van der Waals surface area contributed by atoms with E-state index in [1.165, 1.54) is 19.1 Å². The number of carbonyl (C=O) groups is 3. The molecule has 0 saturated heterocycles. The van der Waals surface area contributed by atoms with Gasteiger partial charge in [0.15, 0.2) is 6.10 Å². The normalized spacial score (nSPS) is 11.4. The molecule has 0 fully saturated rings. The largest absolute Gasteiger partial charge is 0.462 e. The Morgan fingerprint density at radius 2 is 1.61 bits per heavy atom. The molecular weight excluding hydrogens is 373 g/mol. The molecule has 9 heteroatoms. The SMILES string of the molecule is CCOC(=O)c1cc(C(=O)OC(C)C(=O)c2ccc(F)cc2)cc([N+](=O)[O-])c1. The first kappa shape index (κ1) is 20.7. The second-order valence-electron chi connectivity index (χ2n) is 5.66. The van der Waals surface area contributed by atoms with Gasteiger partial charge in [-0.05, 0) is 44.2 Å². The minimum absolute atomic E-state index is 0.0461. The number of non-ortho nitro benzene ring substituents is 1. The number of nitro groups is 1. The molecule has 0 aliphatic heterocycles. The van der Waals surface area contributed by atoms with E-state index >= 15 is 0 Å². The van der Waals surface area contributed by atoms with Gasteiger partial charge in [0.1, 0.15) is 5.82 Å². The van der Waals surface area contributed by atoms with Gasteiger partial charge < -0.3 is 9.47 Å². The second kappa shape index (κ2) is 8.85. The van der Waals surface area contributed by atoms with Crippen molar-refractivity contribution in [2.45, 2.75) is 20.0 Å². The zero-order valence-electron chi connectivity index (χ0n) is 15.0. The van der Waals surface area contributed by atoms with Crippen molar-refractivity contribution < 1.29 is 33.2 Å². The number of hydrogen-bond donors (Lipinski definition) is 0. The quantitative estimate of drug-likeness (QED) is 0.309. The molecule has 2 aromatic rings. The summed E-state index contributed by atoms with van der Waals surface area (Å²) < 4.78 is 22.8. The van der Waals surface area contributed by atoms with E-state index in [4.69, 9.17) is 9.47 Å². The van der Waals surface area contributed by atoms with Crippen LogP contribution in [0, 0.1) is 15.9 Å². The van der Waals surface area contributed by atoms with Crippen LogP contribution in [0.3, 0.4) is 0 Å². The predicted octanol–water partition coefficient (Wildman–Crippen LogP) is 3.34. The molecule has 1 atom stereocenters. The highest BCUT2D eigenvalue weighted by Gasteiger charge is 2.24. The van der Waals surface area contributed by atoms with Gasteiger partial charge in [0, 0.05) is 17.7 Å². The van der Waals surface area contributed by atoms with Crippen molar-refractivity contribution >= 4 is 23.4 Å². The van der Waals surface area contributed by atoms with Crippen LogP contribution in [0.5, 0.6) is 0 Å². The number of ether oxygens (including phenoxy) is 2. The van der Waals surface area contributed by atoms with Crippen molar-refractivity contribution in [2.24, 2.45) is 0 Å². The average Bonchev–Trinajstić information content (AvgIpc) is 2.67. The highest BCUT2D eigenvalue weighted by atomic mass is 19.1. The molecule has 28 heavy (non-hydrogen) atoms. The van der Waals surface area contributed by atoms with Crippen LogP contribution in [0.2, 0.25) is 0 Å². The summed E-state index contributed by atoms with van der Waals surface area (Å²) in [6, 6.07) is 7.66. The minimum Gasteiger partial charge on any atom is -0.462 e. The number of carbonyl (C=O) groups excluding carboxylic acids is 3. The molecule has 146 valence electrons.